The minimum atomic E-state index is -1.11. The van der Waals surface area contributed by atoms with Crippen LogP contribution in [0, 0.1) is 0 Å². The van der Waals surface area contributed by atoms with Crippen LogP contribution in [0.3, 0.4) is 0 Å². The Bertz CT molecular complexity index is 228. The van der Waals surface area contributed by atoms with Crippen LogP contribution in [0.4, 0.5) is 0 Å². The Hall–Kier alpha value is -0.960. The van der Waals surface area contributed by atoms with E-state index in [1.54, 1.807) is 0 Å². The highest BCUT2D eigenvalue weighted by atomic mass is 35.5. The van der Waals surface area contributed by atoms with E-state index >= 15 is 0 Å². The van der Waals surface area contributed by atoms with Crippen LogP contribution in [0.25, 0.3) is 0 Å². The number of hydrogen-bond donors (Lipinski definition) is 1. The third kappa shape index (κ3) is 1.23. The standard InChI is InChI=1S/C5H3ClO3/c6-4-2-1-3(9-4)5(7)8/h1-2H,(H,7,8)/i5+2. The maximum Gasteiger partial charge on any atom is 0.371 e. The van der Waals surface area contributed by atoms with Crippen LogP contribution in [-0.2, 0) is 0 Å². The minimum absolute atomic E-state index is 0.0902. The Morgan fingerprint density at radius 3 is 2.56 bits per heavy atom. The maximum absolute atomic E-state index is 10.1. The smallest absolute Gasteiger partial charge is 0.371 e. The number of carboxylic acids is 1. The molecule has 1 heterocycles. The number of furan rings is 1. The number of aromatic carboxylic acids is 1. The van der Waals surface area contributed by atoms with Crippen molar-refractivity contribution in [2.45, 2.75) is 0 Å². The molecule has 0 aromatic carbocycles. The van der Waals surface area contributed by atoms with Crippen molar-refractivity contribution >= 4 is 17.6 Å². The largest absolute Gasteiger partial charge is 0.475 e. The van der Waals surface area contributed by atoms with Gasteiger partial charge in [-0.15, -0.1) is 0 Å². The van der Waals surface area contributed by atoms with Crippen molar-refractivity contribution in [1.82, 2.24) is 0 Å². The summed E-state index contributed by atoms with van der Waals surface area (Å²) in [5.41, 5.74) is 0. The second kappa shape index (κ2) is 2.11. The van der Waals surface area contributed by atoms with Gasteiger partial charge in [-0.1, -0.05) is 0 Å². The first-order valence-corrected chi connectivity index (χ1v) is 2.56. The van der Waals surface area contributed by atoms with Gasteiger partial charge in [-0.2, -0.15) is 0 Å². The van der Waals surface area contributed by atoms with Crippen molar-refractivity contribution in [3.63, 3.8) is 0 Å². The van der Waals surface area contributed by atoms with Crippen molar-refractivity contribution in [2.75, 3.05) is 0 Å². The molecule has 0 aliphatic rings. The Balaban J connectivity index is 2.98. The quantitative estimate of drug-likeness (QED) is 0.659. The molecule has 0 aliphatic heterocycles. The maximum atomic E-state index is 10.1. The lowest BCUT2D eigenvalue weighted by Crippen LogP contribution is -1.91. The molecule has 0 unspecified atom stereocenters. The molecule has 48 valence electrons. The lowest BCUT2D eigenvalue weighted by Gasteiger charge is -1.80. The molecular weight excluding hydrogens is 145 g/mol. The number of carbonyl (C=O) groups is 1. The van der Waals surface area contributed by atoms with Gasteiger partial charge in [-0.05, 0) is 23.7 Å². The molecule has 1 rings (SSSR count). The number of rotatable bonds is 1. The van der Waals surface area contributed by atoms with E-state index in [-0.39, 0.29) is 11.0 Å². The highest BCUT2D eigenvalue weighted by Gasteiger charge is 2.05. The van der Waals surface area contributed by atoms with E-state index in [0.29, 0.717) is 0 Å². The van der Waals surface area contributed by atoms with Gasteiger partial charge in [0.05, 0.1) is 0 Å². The van der Waals surface area contributed by atoms with Crippen molar-refractivity contribution in [1.29, 1.82) is 0 Å². The minimum Gasteiger partial charge on any atom is -0.475 e. The van der Waals surface area contributed by atoms with Gasteiger partial charge >= 0.3 is 5.97 Å². The van der Waals surface area contributed by atoms with Crippen LogP contribution >= 0.6 is 11.6 Å². The fourth-order valence-corrected chi connectivity index (χ4v) is 0.575. The summed E-state index contributed by atoms with van der Waals surface area (Å²) in [6.07, 6.45) is 0. The monoisotopic (exact) mass is 148 g/mol. The fraction of sp³-hybridized carbons (Fsp3) is 0. The first kappa shape index (κ1) is 6.16. The summed E-state index contributed by atoms with van der Waals surface area (Å²) >= 11 is 5.27. The van der Waals surface area contributed by atoms with Crippen molar-refractivity contribution in [2.24, 2.45) is 0 Å². The van der Waals surface area contributed by atoms with Gasteiger partial charge in [0.1, 0.15) is 0 Å². The average Bonchev–Trinajstić information content (AvgIpc) is 2.14. The molecule has 0 saturated heterocycles. The number of hydrogen-bond acceptors (Lipinski definition) is 2. The van der Waals surface area contributed by atoms with Gasteiger partial charge in [0.15, 0.2) is 5.22 Å². The molecule has 1 aromatic rings. The molecule has 9 heavy (non-hydrogen) atoms. The second-order valence-corrected chi connectivity index (χ2v) is 1.78. The lowest BCUT2D eigenvalue weighted by atomic mass is 10.6. The molecule has 0 spiro atoms. The molecule has 3 nitrogen and oxygen atoms in total. The van der Waals surface area contributed by atoms with Crippen LogP contribution in [0.1, 0.15) is 10.6 Å². The Labute approximate surface area is 55.8 Å². The zero-order valence-corrected chi connectivity index (χ0v) is 5.05. The summed E-state index contributed by atoms with van der Waals surface area (Å²) in [6.45, 7) is 0. The van der Waals surface area contributed by atoms with E-state index in [1.165, 1.54) is 12.1 Å². The van der Waals surface area contributed by atoms with Crippen LogP contribution in [0.5, 0.6) is 0 Å². The zero-order chi connectivity index (χ0) is 6.85. The predicted octanol–water partition coefficient (Wildman–Crippen LogP) is 1.63. The third-order valence-corrected chi connectivity index (χ3v) is 0.987. The molecule has 0 saturated carbocycles. The summed E-state index contributed by atoms with van der Waals surface area (Å²) < 4.78 is 4.51. The van der Waals surface area contributed by atoms with E-state index in [1.807, 2.05) is 0 Å². The van der Waals surface area contributed by atoms with E-state index in [2.05, 4.69) is 4.42 Å². The van der Waals surface area contributed by atoms with Gasteiger partial charge in [0.25, 0.3) is 0 Å². The van der Waals surface area contributed by atoms with E-state index in [0.717, 1.165) is 0 Å². The van der Waals surface area contributed by atoms with Crippen molar-refractivity contribution in [3.05, 3.63) is 23.1 Å². The summed E-state index contributed by atoms with van der Waals surface area (Å²) in [5, 5.41) is 8.34. The molecule has 1 N–H and O–H groups in total. The van der Waals surface area contributed by atoms with Crippen molar-refractivity contribution in [3.8, 4) is 0 Å². The highest BCUT2D eigenvalue weighted by molar-refractivity contribution is 6.29. The molecule has 0 amide bonds. The third-order valence-electron chi connectivity index (χ3n) is 0.784. The predicted molar refractivity (Wildman–Crippen MR) is 30.7 cm³/mol. The molecule has 0 atom stereocenters. The van der Waals surface area contributed by atoms with E-state index < -0.39 is 5.97 Å². The lowest BCUT2D eigenvalue weighted by molar-refractivity contribution is 0.0662. The van der Waals surface area contributed by atoms with E-state index in [9.17, 15) is 4.79 Å². The van der Waals surface area contributed by atoms with Crippen LogP contribution < -0.4 is 0 Å². The van der Waals surface area contributed by atoms with Crippen molar-refractivity contribution < 1.29 is 14.3 Å². The topological polar surface area (TPSA) is 50.4 Å². The normalized spacial score (nSPS) is 9.44. The van der Waals surface area contributed by atoms with Crippen LogP contribution in [-0.4, -0.2) is 11.1 Å². The molecule has 0 fully saturated rings. The molecule has 0 bridgehead atoms. The highest BCUT2D eigenvalue weighted by Crippen LogP contribution is 2.12. The first-order valence-electron chi connectivity index (χ1n) is 2.19. The fourth-order valence-electron chi connectivity index (χ4n) is 0.429. The summed E-state index contributed by atoms with van der Waals surface area (Å²) in [4.78, 5) is 10.1. The Morgan fingerprint density at radius 1 is 1.67 bits per heavy atom. The van der Waals surface area contributed by atoms with Gasteiger partial charge in [-0.25, -0.2) is 4.79 Å². The first-order chi connectivity index (χ1) is 4.20. The molecule has 1 aromatic heterocycles. The SMILES string of the molecule is O=[14C](O)c1ccc(Cl)o1. The molecule has 0 aliphatic carbocycles. The van der Waals surface area contributed by atoms with Gasteiger partial charge in [-0.3, -0.25) is 0 Å². The summed E-state index contributed by atoms with van der Waals surface area (Å²) in [7, 11) is 0. The molecular formula is C5H3ClO3. The molecule has 0 radical (unpaired) electrons. The van der Waals surface area contributed by atoms with E-state index in [4.69, 9.17) is 16.7 Å². The average molecular weight is 149 g/mol. The number of halogens is 1. The van der Waals surface area contributed by atoms with Crippen LogP contribution in [0.15, 0.2) is 16.5 Å². The zero-order valence-electron chi connectivity index (χ0n) is 4.30. The molecule has 4 heteroatoms. The second-order valence-electron chi connectivity index (χ2n) is 1.41. The van der Waals surface area contributed by atoms with Crippen LogP contribution in [0.2, 0.25) is 5.22 Å². The van der Waals surface area contributed by atoms with Gasteiger partial charge in [0, 0.05) is 0 Å². The Morgan fingerprint density at radius 2 is 2.33 bits per heavy atom. The summed E-state index contributed by atoms with van der Waals surface area (Å²) in [5.74, 6) is -1.25. The Kier molecular flexibility index (Phi) is 1.44. The van der Waals surface area contributed by atoms with Gasteiger partial charge in [0.2, 0.25) is 5.76 Å². The van der Waals surface area contributed by atoms with Gasteiger partial charge < -0.3 is 9.52 Å². The summed E-state index contributed by atoms with van der Waals surface area (Å²) in [6, 6.07) is 2.68. The number of carboxylic acid groups (broad SMARTS) is 1.